The SMILES string of the molecule is C(=C1c2ccccc2Oc2ccccc21)c1ccc2c(c1)c1cc(C=C3c4ccccc4Oc4ccccc43)ccc1p2-c1ccccc1. The highest BCUT2D eigenvalue weighted by atomic mass is 31.1. The van der Waals surface area contributed by atoms with Crippen LogP contribution in [0, 0.1) is 0 Å². The van der Waals surface area contributed by atoms with Crippen molar-refractivity contribution in [1.82, 2.24) is 0 Å². The molecule has 230 valence electrons. The molecule has 0 saturated heterocycles. The minimum absolute atomic E-state index is 0.686. The average Bonchev–Trinajstić information content (AvgIpc) is 3.48. The van der Waals surface area contributed by atoms with Gasteiger partial charge in [0.2, 0.25) is 0 Å². The van der Waals surface area contributed by atoms with Crippen molar-refractivity contribution >= 4 is 51.8 Å². The van der Waals surface area contributed by atoms with Crippen LogP contribution in [0.1, 0.15) is 33.4 Å². The second-order valence-corrected chi connectivity index (χ2v) is 14.7. The van der Waals surface area contributed by atoms with Crippen molar-refractivity contribution in [2.24, 2.45) is 0 Å². The van der Waals surface area contributed by atoms with E-state index in [0.717, 1.165) is 45.3 Å². The maximum atomic E-state index is 6.30. The van der Waals surface area contributed by atoms with Gasteiger partial charge in [0.15, 0.2) is 0 Å². The molecule has 0 unspecified atom stereocenters. The van der Waals surface area contributed by atoms with Gasteiger partial charge in [-0.2, -0.15) is 0 Å². The van der Waals surface area contributed by atoms with Crippen molar-refractivity contribution in [3.05, 3.63) is 197 Å². The molecule has 49 heavy (non-hydrogen) atoms. The standard InChI is InChI=1S/C46H29O2P/c1-2-12-32(13-3-1)49-45-24-22-30(26-37-33-14-4-8-18-41(33)47-42-19-9-5-15-34(37)42)28-39(45)40-29-31(23-25-46(40)49)27-38-35-16-6-10-20-43(35)48-44-21-11-7-17-36(38)44/h1-29H. The van der Waals surface area contributed by atoms with Crippen LogP contribution < -0.4 is 9.47 Å². The van der Waals surface area contributed by atoms with Crippen LogP contribution in [0.15, 0.2) is 164 Å². The van der Waals surface area contributed by atoms with Crippen LogP contribution in [0.25, 0.3) is 49.6 Å². The molecule has 3 heterocycles. The van der Waals surface area contributed by atoms with E-state index < -0.39 is 7.53 Å². The number of benzene rings is 7. The average molecular weight is 645 g/mol. The summed E-state index contributed by atoms with van der Waals surface area (Å²) >= 11 is 0. The van der Waals surface area contributed by atoms with Crippen molar-refractivity contribution in [2.75, 3.05) is 0 Å². The Bertz CT molecular complexity index is 2400. The first kappa shape index (κ1) is 28.0. The monoisotopic (exact) mass is 644 g/mol. The molecular formula is C46H29O2P. The lowest BCUT2D eigenvalue weighted by atomic mass is 9.91. The summed E-state index contributed by atoms with van der Waals surface area (Å²) in [6.07, 6.45) is 4.65. The summed E-state index contributed by atoms with van der Waals surface area (Å²) in [5.74, 6) is 3.56. The van der Waals surface area contributed by atoms with E-state index in [0.29, 0.717) is 0 Å². The third-order valence-electron chi connectivity index (χ3n) is 9.60. The number of rotatable bonds is 3. The van der Waals surface area contributed by atoms with Crippen molar-refractivity contribution in [3.8, 4) is 28.3 Å². The van der Waals surface area contributed by atoms with Gasteiger partial charge in [-0.05, 0) is 99.0 Å². The van der Waals surface area contributed by atoms with Gasteiger partial charge in [0, 0.05) is 32.5 Å². The Morgan fingerprint density at radius 3 is 1.14 bits per heavy atom. The predicted octanol–water partition coefficient (Wildman–Crippen LogP) is 13.4. The summed E-state index contributed by atoms with van der Waals surface area (Å²) in [6.45, 7) is 0. The Labute approximate surface area is 285 Å². The normalized spacial score (nSPS) is 12.7. The van der Waals surface area contributed by atoms with Gasteiger partial charge in [-0.3, -0.25) is 0 Å². The van der Waals surface area contributed by atoms with E-state index in [1.807, 2.05) is 24.3 Å². The lowest BCUT2D eigenvalue weighted by Crippen LogP contribution is -2.01. The molecule has 2 aliphatic rings. The zero-order valence-corrected chi connectivity index (χ0v) is 27.4. The molecule has 2 aliphatic heterocycles. The molecule has 0 fully saturated rings. The number of hydrogen-bond acceptors (Lipinski definition) is 2. The lowest BCUT2D eigenvalue weighted by Gasteiger charge is -2.23. The number of fused-ring (bicyclic) bond motifs is 7. The highest BCUT2D eigenvalue weighted by Gasteiger charge is 2.23. The smallest absolute Gasteiger partial charge is 0.135 e. The van der Waals surface area contributed by atoms with Crippen LogP contribution >= 0.6 is 7.53 Å². The molecule has 0 aliphatic carbocycles. The van der Waals surface area contributed by atoms with Gasteiger partial charge in [-0.1, -0.05) is 123 Å². The van der Waals surface area contributed by atoms with Gasteiger partial charge in [0.05, 0.1) is 0 Å². The zero-order chi connectivity index (χ0) is 32.3. The van der Waals surface area contributed by atoms with E-state index in [-0.39, 0.29) is 0 Å². The second-order valence-electron chi connectivity index (χ2n) is 12.5. The zero-order valence-electron chi connectivity index (χ0n) is 26.5. The molecule has 0 bridgehead atoms. The van der Waals surface area contributed by atoms with Crippen molar-refractivity contribution in [3.63, 3.8) is 0 Å². The Hall–Kier alpha value is -6.08. The van der Waals surface area contributed by atoms with Gasteiger partial charge >= 0.3 is 0 Å². The first-order valence-electron chi connectivity index (χ1n) is 16.6. The van der Waals surface area contributed by atoms with Gasteiger partial charge in [0.1, 0.15) is 23.0 Å². The molecule has 0 saturated carbocycles. The fourth-order valence-corrected chi connectivity index (χ4v) is 9.96. The fourth-order valence-electron chi connectivity index (χ4n) is 7.38. The Morgan fingerprint density at radius 1 is 0.367 bits per heavy atom. The molecule has 7 aromatic carbocycles. The van der Waals surface area contributed by atoms with Crippen LogP contribution in [0.4, 0.5) is 0 Å². The van der Waals surface area contributed by atoms with Crippen LogP contribution in [0.3, 0.4) is 0 Å². The molecule has 1 aromatic heterocycles. The Kier molecular flexibility index (Phi) is 6.44. The third-order valence-corrected chi connectivity index (χ3v) is 12.2. The van der Waals surface area contributed by atoms with E-state index >= 15 is 0 Å². The molecule has 2 nitrogen and oxygen atoms in total. The first-order chi connectivity index (χ1) is 24.3. The minimum atomic E-state index is -0.686. The topological polar surface area (TPSA) is 18.5 Å². The molecule has 0 atom stereocenters. The van der Waals surface area contributed by atoms with Crippen molar-refractivity contribution in [2.45, 2.75) is 0 Å². The first-order valence-corrected chi connectivity index (χ1v) is 17.9. The number of hydrogen-bond donors (Lipinski definition) is 0. The van der Waals surface area contributed by atoms with E-state index in [9.17, 15) is 0 Å². The summed E-state index contributed by atoms with van der Waals surface area (Å²) in [4.78, 5) is 0. The molecule has 0 radical (unpaired) electrons. The molecule has 10 rings (SSSR count). The maximum absolute atomic E-state index is 6.30. The molecular weight excluding hydrogens is 615 g/mol. The van der Waals surface area contributed by atoms with Gasteiger partial charge in [-0.15, -0.1) is 0 Å². The van der Waals surface area contributed by atoms with Gasteiger partial charge < -0.3 is 9.47 Å². The van der Waals surface area contributed by atoms with Crippen LogP contribution in [-0.4, -0.2) is 0 Å². The molecule has 0 N–H and O–H groups in total. The van der Waals surface area contributed by atoms with Crippen LogP contribution in [0.2, 0.25) is 0 Å². The third kappa shape index (κ3) is 4.65. The van der Waals surface area contributed by atoms with Gasteiger partial charge in [-0.25, -0.2) is 0 Å². The Morgan fingerprint density at radius 2 is 0.735 bits per heavy atom. The number of para-hydroxylation sites is 4. The van der Waals surface area contributed by atoms with Crippen molar-refractivity contribution in [1.29, 1.82) is 0 Å². The summed E-state index contributed by atoms with van der Waals surface area (Å²) in [5, 5.41) is 6.78. The summed E-state index contributed by atoms with van der Waals surface area (Å²) in [6, 6.07) is 58.4. The van der Waals surface area contributed by atoms with E-state index in [1.54, 1.807) is 0 Å². The molecule has 0 spiro atoms. The molecule has 0 amide bonds. The lowest BCUT2D eigenvalue weighted by molar-refractivity contribution is 0.474. The summed E-state index contributed by atoms with van der Waals surface area (Å²) in [5.41, 5.74) is 9.14. The highest BCUT2D eigenvalue weighted by molar-refractivity contribution is 7.67. The Balaban J connectivity index is 1.19. The second kappa shape index (κ2) is 11.3. The highest BCUT2D eigenvalue weighted by Crippen LogP contribution is 2.56. The van der Waals surface area contributed by atoms with E-state index in [1.165, 1.54) is 48.6 Å². The largest absolute Gasteiger partial charge is 0.456 e. The van der Waals surface area contributed by atoms with Crippen LogP contribution in [-0.2, 0) is 0 Å². The minimum Gasteiger partial charge on any atom is -0.456 e. The molecule has 8 aromatic rings. The van der Waals surface area contributed by atoms with Crippen LogP contribution in [0.5, 0.6) is 23.0 Å². The quantitative estimate of drug-likeness (QED) is 0.191. The van der Waals surface area contributed by atoms with E-state index in [4.69, 9.17) is 9.47 Å². The van der Waals surface area contributed by atoms with Gasteiger partial charge in [0.25, 0.3) is 0 Å². The summed E-state index contributed by atoms with van der Waals surface area (Å²) in [7, 11) is -0.686. The van der Waals surface area contributed by atoms with E-state index in [2.05, 4.69) is 152 Å². The van der Waals surface area contributed by atoms with Crippen molar-refractivity contribution < 1.29 is 9.47 Å². The predicted molar refractivity (Wildman–Crippen MR) is 205 cm³/mol. The summed E-state index contributed by atoms with van der Waals surface area (Å²) < 4.78 is 12.6. The fraction of sp³-hybridized carbons (Fsp3) is 0. The maximum Gasteiger partial charge on any atom is 0.135 e. The number of ether oxygens (including phenoxy) is 2. The molecule has 3 heteroatoms.